The number of aromatic nitrogens is 3. The van der Waals surface area contributed by atoms with E-state index in [0.29, 0.717) is 0 Å². The molecule has 0 bridgehead atoms. The van der Waals surface area contributed by atoms with Crippen LogP contribution in [0.4, 0.5) is 0 Å². The summed E-state index contributed by atoms with van der Waals surface area (Å²) in [6.07, 6.45) is 5.56. The largest absolute Gasteiger partial charge is 0.496 e. The number of imidazole rings is 1. The van der Waals surface area contributed by atoms with Crippen LogP contribution in [0.3, 0.4) is 0 Å². The molecular weight excluding hydrogens is 341 g/mol. The molecule has 3 aromatic rings. The predicted octanol–water partition coefficient (Wildman–Crippen LogP) is 3.01. The van der Waals surface area contributed by atoms with Crippen LogP contribution >= 0.6 is 22.6 Å². The Morgan fingerprint density at radius 2 is 2.00 bits per heavy atom. The van der Waals surface area contributed by atoms with Crippen molar-refractivity contribution in [3.05, 3.63) is 46.6 Å². The zero-order chi connectivity index (χ0) is 12.5. The lowest BCUT2D eigenvalue weighted by Gasteiger charge is -2.07. The Balaban J connectivity index is 2.21. The summed E-state index contributed by atoms with van der Waals surface area (Å²) < 4.78 is 8.42. The number of methoxy groups -OCH3 is 1. The van der Waals surface area contributed by atoms with Gasteiger partial charge in [0.2, 0.25) is 0 Å². The van der Waals surface area contributed by atoms with Gasteiger partial charge in [0.05, 0.1) is 25.2 Å². The van der Waals surface area contributed by atoms with Gasteiger partial charge in [0, 0.05) is 11.8 Å². The first kappa shape index (κ1) is 11.5. The Kier molecular flexibility index (Phi) is 2.91. The highest BCUT2D eigenvalue weighted by atomic mass is 127. The molecular formula is C13H10IN3O. The van der Waals surface area contributed by atoms with Crippen LogP contribution in [0.25, 0.3) is 16.9 Å². The van der Waals surface area contributed by atoms with Gasteiger partial charge >= 0.3 is 0 Å². The maximum Gasteiger partial charge on any atom is 0.156 e. The molecule has 0 radical (unpaired) electrons. The molecule has 0 aliphatic rings. The zero-order valence-corrected chi connectivity index (χ0v) is 11.8. The van der Waals surface area contributed by atoms with E-state index >= 15 is 0 Å². The molecule has 0 N–H and O–H groups in total. The number of rotatable bonds is 2. The van der Waals surface area contributed by atoms with Crippen molar-refractivity contribution in [2.45, 2.75) is 0 Å². The van der Waals surface area contributed by atoms with Crippen molar-refractivity contribution in [2.24, 2.45) is 0 Å². The minimum Gasteiger partial charge on any atom is -0.496 e. The van der Waals surface area contributed by atoms with Gasteiger partial charge < -0.3 is 4.74 Å². The Morgan fingerprint density at radius 1 is 1.17 bits per heavy atom. The number of halogens is 1. The number of fused-ring (bicyclic) bond motifs is 1. The first-order valence-electron chi connectivity index (χ1n) is 5.41. The van der Waals surface area contributed by atoms with Crippen molar-refractivity contribution < 1.29 is 4.74 Å². The molecule has 0 saturated heterocycles. The molecule has 2 heterocycles. The van der Waals surface area contributed by atoms with Gasteiger partial charge in [-0.3, -0.25) is 9.38 Å². The molecule has 0 unspecified atom stereocenters. The van der Waals surface area contributed by atoms with E-state index in [9.17, 15) is 0 Å². The third-order valence-corrected chi connectivity index (χ3v) is 3.53. The molecule has 4 nitrogen and oxygen atoms in total. The van der Waals surface area contributed by atoms with Gasteiger partial charge in [-0.1, -0.05) is 12.1 Å². The Labute approximate surface area is 118 Å². The fourth-order valence-electron chi connectivity index (χ4n) is 1.85. The van der Waals surface area contributed by atoms with Crippen LogP contribution in [0, 0.1) is 3.70 Å². The summed E-state index contributed by atoms with van der Waals surface area (Å²) >= 11 is 2.25. The lowest BCUT2D eigenvalue weighted by molar-refractivity contribution is 0.416. The predicted molar refractivity (Wildman–Crippen MR) is 77.7 cm³/mol. The summed E-state index contributed by atoms with van der Waals surface area (Å²) in [5.74, 6) is 0.819. The highest BCUT2D eigenvalue weighted by Crippen LogP contribution is 2.28. The van der Waals surface area contributed by atoms with E-state index in [0.717, 1.165) is 26.4 Å². The SMILES string of the molecule is COc1ccccc1-c1cn2c(I)cnc2cn1. The fraction of sp³-hybridized carbons (Fsp3) is 0.0769. The summed E-state index contributed by atoms with van der Waals surface area (Å²) in [6, 6.07) is 7.85. The summed E-state index contributed by atoms with van der Waals surface area (Å²) in [4.78, 5) is 8.69. The van der Waals surface area contributed by atoms with Crippen molar-refractivity contribution in [3.63, 3.8) is 0 Å². The second kappa shape index (κ2) is 4.56. The quantitative estimate of drug-likeness (QED) is 0.667. The van der Waals surface area contributed by atoms with E-state index < -0.39 is 0 Å². The van der Waals surface area contributed by atoms with Crippen molar-refractivity contribution in [1.29, 1.82) is 0 Å². The third-order valence-electron chi connectivity index (χ3n) is 2.73. The molecule has 3 rings (SSSR count). The summed E-state index contributed by atoms with van der Waals surface area (Å²) in [6.45, 7) is 0. The average Bonchev–Trinajstić information content (AvgIpc) is 2.80. The number of hydrogen-bond donors (Lipinski definition) is 0. The van der Waals surface area contributed by atoms with Gasteiger partial charge in [-0.25, -0.2) is 4.98 Å². The molecule has 0 aliphatic carbocycles. The summed E-state index contributed by atoms with van der Waals surface area (Å²) in [5.41, 5.74) is 2.69. The minimum absolute atomic E-state index is 0.819. The second-order valence-corrected chi connectivity index (χ2v) is 4.89. The van der Waals surface area contributed by atoms with Gasteiger partial charge in [-0.05, 0) is 34.7 Å². The topological polar surface area (TPSA) is 39.4 Å². The normalized spacial score (nSPS) is 10.8. The maximum absolute atomic E-state index is 5.36. The molecule has 0 saturated carbocycles. The smallest absolute Gasteiger partial charge is 0.156 e. The number of para-hydroxylation sites is 1. The molecule has 0 fully saturated rings. The summed E-state index contributed by atoms with van der Waals surface area (Å²) in [7, 11) is 1.67. The minimum atomic E-state index is 0.819. The van der Waals surface area contributed by atoms with Crippen LogP contribution in [0.2, 0.25) is 0 Å². The monoisotopic (exact) mass is 351 g/mol. The van der Waals surface area contributed by atoms with Gasteiger partial charge in [0.25, 0.3) is 0 Å². The van der Waals surface area contributed by atoms with Crippen LogP contribution in [0.5, 0.6) is 5.75 Å². The van der Waals surface area contributed by atoms with Gasteiger partial charge in [-0.15, -0.1) is 0 Å². The molecule has 2 aromatic heterocycles. The number of nitrogens with zero attached hydrogens (tertiary/aromatic N) is 3. The molecule has 18 heavy (non-hydrogen) atoms. The molecule has 0 atom stereocenters. The highest BCUT2D eigenvalue weighted by molar-refractivity contribution is 14.1. The van der Waals surface area contributed by atoms with Crippen LogP contribution in [0.15, 0.2) is 42.9 Å². The number of hydrogen-bond acceptors (Lipinski definition) is 3. The fourth-order valence-corrected chi connectivity index (χ4v) is 2.38. The number of ether oxygens (including phenoxy) is 1. The first-order valence-corrected chi connectivity index (χ1v) is 6.49. The van der Waals surface area contributed by atoms with E-state index in [1.165, 1.54) is 0 Å². The highest BCUT2D eigenvalue weighted by Gasteiger charge is 2.08. The molecule has 0 aliphatic heterocycles. The Morgan fingerprint density at radius 3 is 2.83 bits per heavy atom. The van der Waals surface area contributed by atoms with Crippen molar-refractivity contribution in [2.75, 3.05) is 7.11 Å². The van der Waals surface area contributed by atoms with Crippen molar-refractivity contribution in [1.82, 2.24) is 14.4 Å². The van der Waals surface area contributed by atoms with Crippen molar-refractivity contribution >= 4 is 28.2 Å². The van der Waals surface area contributed by atoms with E-state index in [1.54, 1.807) is 13.3 Å². The molecule has 5 heteroatoms. The van der Waals surface area contributed by atoms with Gasteiger partial charge in [0.15, 0.2) is 5.65 Å². The lowest BCUT2D eigenvalue weighted by Crippen LogP contribution is -1.94. The average molecular weight is 351 g/mol. The third kappa shape index (κ3) is 1.84. The van der Waals surface area contributed by atoms with Crippen LogP contribution in [0.1, 0.15) is 0 Å². The second-order valence-electron chi connectivity index (χ2n) is 3.78. The van der Waals surface area contributed by atoms with E-state index in [-0.39, 0.29) is 0 Å². The van der Waals surface area contributed by atoms with Crippen LogP contribution in [-0.2, 0) is 0 Å². The summed E-state index contributed by atoms with van der Waals surface area (Å²) in [5, 5.41) is 0. The van der Waals surface area contributed by atoms with E-state index in [4.69, 9.17) is 4.74 Å². The molecule has 0 spiro atoms. The number of benzene rings is 1. The maximum atomic E-state index is 5.36. The zero-order valence-electron chi connectivity index (χ0n) is 9.67. The Hall–Kier alpha value is -1.63. The van der Waals surface area contributed by atoms with E-state index in [1.807, 2.05) is 41.1 Å². The van der Waals surface area contributed by atoms with Gasteiger partial charge in [-0.2, -0.15) is 0 Å². The molecule has 0 amide bonds. The van der Waals surface area contributed by atoms with Crippen LogP contribution < -0.4 is 4.74 Å². The molecule has 90 valence electrons. The van der Waals surface area contributed by atoms with Crippen LogP contribution in [-0.4, -0.2) is 21.5 Å². The standard InChI is InChI=1S/C13H10IN3O/c1-18-11-5-3-2-4-9(11)10-8-17-12(14)6-16-13(17)7-15-10/h2-8H,1H3. The Bertz CT molecular complexity index is 708. The lowest BCUT2D eigenvalue weighted by atomic mass is 10.1. The molecule has 1 aromatic carbocycles. The van der Waals surface area contributed by atoms with E-state index in [2.05, 4.69) is 32.6 Å². The first-order chi connectivity index (χ1) is 8.79. The van der Waals surface area contributed by atoms with Crippen molar-refractivity contribution in [3.8, 4) is 17.0 Å². The van der Waals surface area contributed by atoms with Gasteiger partial charge in [0.1, 0.15) is 9.45 Å².